The number of nitrogens with one attached hydrogen (secondary N) is 2. The molecule has 2 amide bonds. The number of rotatable bonds is 10. The first-order valence-electron chi connectivity index (χ1n) is 12.0. The van der Waals surface area contributed by atoms with Gasteiger partial charge in [-0.05, 0) is 43.9 Å². The largest absolute Gasteiger partial charge is 0.444 e. The van der Waals surface area contributed by atoms with Gasteiger partial charge in [0.05, 0.1) is 11.1 Å². The van der Waals surface area contributed by atoms with Crippen LogP contribution in [0.15, 0.2) is 29.3 Å². The fourth-order valence-electron chi connectivity index (χ4n) is 3.40. The van der Waals surface area contributed by atoms with Gasteiger partial charge in [0, 0.05) is 39.4 Å². The lowest BCUT2D eigenvalue weighted by Crippen LogP contribution is -2.35. The van der Waals surface area contributed by atoms with Gasteiger partial charge in [-0.1, -0.05) is 31.2 Å². The van der Waals surface area contributed by atoms with Crippen LogP contribution in [0.5, 0.6) is 0 Å². The Hall–Kier alpha value is -3.76. The highest BCUT2D eigenvalue weighted by molar-refractivity contribution is 7.98. The van der Waals surface area contributed by atoms with Gasteiger partial charge in [-0.3, -0.25) is 4.79 Å². The summed E-state index contributed by atoms with van der Waals surface area (Å²) in [6.45, 7) is 7.83. The minimum atomic E-state index is -0.582. The highest BCUT2D eigenvalue weighted by Crippen LogP contribution is 2.32. The number of thioether (sulfide) groups is 1. The maximum atomic E-state index is 12.1. The van der Waals surface area contributed by atoms with Crippen molar-refractivity contribution in [1.29, 1.82) is 10.5 Å². The van der Waals surface area contributed by atoms with Gasteiger partial charge in [0.15, 0.2) is 0 Å². The number of amides is 2. The third kappa shape index (κ3) is 9.00. The third-order valence-electron chi connectivity index (χ3n) is 5.16. The third-order valence-corrected chi connectivity index (χ3v) is 6.20. The van der Waals surface area contributed by atoms with Crippen LogP contribution in [0.3, 0.4) is 0 Å². The Morgan fingerprint density at radius 2 is 1.68 bits per heavy atom. The first-order valence-corrected chi connectivity index (χ1v) is 13.0. The van der Waals surface area contributed by atoms with Crippen LogP contribution in [0.1, 0.15) is 61.9 Å². The van der Waals surface area contributed by atoms with Crippen molar-refractivity contribution in [3.63, 3.8) is 0 Å². The van der Waals surface area contributed by atoms with Gasteiger partial charge in [0.25, 0.3) is 0 Å². The Labute approximate surface area is 223 Å². The molecule has 10 heteroatoms. The van der Waals surface area contributed by atoms with Crippen LogP contribution in [0.2, 0.25) is 0 Å². The number of aromatic nitrogens is 1. The molecular formula is C27H34N6O3S. The van der Waals surface area contributed by atoms with Crippen molar-refractivity contribution in [1.82, 2.24) is 15.6 Å². The molecule has 0 atom stereocenters. The Morgan fingerprint density at radius 1 is 1.05 bits per heavy atom. The maximum absolute atomic E-state index is 12.1. The standard InChI is InChI=1S/C27H34N6O3S/c1-7-20-21(14-28)24(33(5)6)32-25(22(20)15-29)37-17-19-10-8-18(9-11-19)16-31-23(34)12-13-30-26(35)36-27(2,3)4/h8-11H,7,12-13,16-17H2,1-6H3,(H,30,35)(H,31,34). The zero-order valence-electron chi connectivity index (χ0n) is 22.3. The van der Waals surface area contributed by atoms with E-state index in [1.807, 2.05) is 45.3 Å². The molecule has 37 heavy (non-hydrogen) atoms. The predicted molar refractivity (Wildman–Crippen MR) is 144 cm³/mol. The number of nitrogens with zero attached hydrogens (tertiary/aromatic N) is 4. The van der Waals surface area contributed by atoms with Crippen molar-refractivity contribution < 1.29 is 14.3 Å². The van der Waals surface area contributed by atoms with Gasteiger partial charge in [-0.25, -0.2) is 9.78 Å². The number of hydrogen-bond donors (Lipinski definition) is 2. The number of hydrogen-bond acceptors (Lipinski definition) is 8. The van der Waals surface area contributed by atoms with Gasteiger partial charge in [0.2, 0.25) is 5.91 Å². The minimum absolute atomic E-state index is 0.154. The number of ether oxygens (including phenoxy) is 1. The lowest BCUT2D eigenvalue weighted by Gasteiger charge is -2.19. The van der Waals surface area contributed by atoms with E-state index in [0.29, 0.717) is 40.7 Å². The van der Waals surface area contributed by atoms with Crippen molar-refractivity contribution in [2.24, 2.45) is 0 Å². The summed E-state index contributed by atoms with van der Waals surface area (Å²) in [4.78, 5) is 30.1. The Balaban J connectivity index is 1.93. The number of carbonyl (C=O) groups excluding carboxylic acids is 2. The minimum Gasteiger partial charge on any atom is -0.444 e. The van der Waals surface area contributed by atoms with Crippen LogP contribution >= 0.6 is 11.8 Å². The molecule has 0 saturated heterocycles. The van der Waals surface area contributed by atoms with Gasteiger partial charge >= 0.3 is 6.09 Å². The van der Waals surface area contributed by atoms with E-state index in [4.69, 9.17) is 4.74 Å². The predicted octanol–water partition coefficient (Wildman–Crippen LogP) is 4.28. The SMILES string of the molecule is CCc1c(C#N)c(SCc2ccc(CNC(=O)CCNC(=O)OC(C)(C)C)cc2)nc(N(C)C)c1C#N. The monoisotopic (exact) mass is 522 g/mol. The van der Waals surface area contributed by atoms with E-state index in [1.165, 1.54) is 11.8 Å². The molecule has 196 valence electrons. The van der Waals surface area contributed by atoms with E-state index in [2.05, 4.69) is 27.8 Å². The van der Waals surface area contributed by atoms with Gasteiger partial charge < -0.3 is 20.3 Å². The first-order chi connectivity index (χ1) is 17.5. The maximum Gasteiger partial charge on any atom is 0.407 e. The second kappa shape index (κ2) is 13.5. The normalized spacial score (nSPS) is 10.7. The fraction of sp³-hybridized carbons (Fsp3) is 0.444. The second-order valence-electron chi connectivity index (χ2n) is 9.50. The van der Waals surface area contributed by atoms with Crippen LogP contribution in [-0.4, -0.2) is 43.2 Å². The van der Waals surface area contributed by atoms with E-state index in [1.54, 1.807) is 25.7 Å². The van der Waals surface area contributed by atoms with Crippen molar-refractivity contribution in [2.45, 2.75) is 63.5 Å². The summed E-state index contributed by atoms with van der Waals surface area (Å²) in [6, 6.07) is 12.3. The van der Waals surface area contributed by atoms with E-state index < -0.39 is 11.7 Å². The number of pyridine rings is 1. The van der Waals surface area contributed by atoms with Gasteiger partial charge in [0.1, 0.15) is 28.6 Å². The summed E-state index contributed by atoms with van der Waals surface area (Å²) in [7, 11) is 3.66. The molecule has 0 aliphatic carbocycles. The average molecular weight is 523 g/mol. The quantitative estimate of drug-likeness (QED) is 0.442. The van der Waals surface area contributed by atoms with Crippen molar-refractivity contribution in [3.8, 4) is 12.1 Å². The summed E-state index contributed by atoms with van der Waals surface area (Å²) >= 11 is 1.46. The molecule has 0 spiro atoms. The van der Waals surface area contributed by atoms with Gasteiger partial charge in [-0.2, -0.15) is 10.5 Å². The number of carbonyl (C=O) groups is 2. The van der Waals surface area contributed by atoms with Crippen molar-refractivity contribution in [2.75, 3.05) is 25.5 Å². The van der Waals surface area contributed by atoms with Crippen LogP contribution in [0, 0.1) is 22.7 Å². The topological polar surface area (TPSA) is 131 Å². The molecule has 0 aliphatic rings. The zero-order valence-corrected chi connectivity index (χ0v) is 23.1. The summed E-state index contributed by atoms with van der Waals surface area (Å²) < 4.78 is 5.14. The Kier molecular flexibility index (Phi) is 10.8. The average Bonchev–Trinajstić information content (AvgIpc) is 2.84. The second-order valence-corrected chi connectivity index (χ2v) is 10.5. The highest BCUT2D eigenvalue weighted by atomic mass is 32.2. The van der Waals surface area contributed by atoms with Crippen LogP contribution in [-0.2, 0) is 28.2 Å². The van der Waals surface area contributed by atoms with E-state index in [-0.39, 0.29) is 18.9 Å². The smallest absolute Gasteiger partial charge is 0.407 e. The summed E-state index contributed by atoms with van der Waals surface area (Å²) in [5, 5.41) is 25.4. The molecule has 2 rings (SSSR count). The highest BCUT2D eigenvalue weighted by Gasteiger charge is 2.20. The number of alkyl carbamates (subject to hydrolysis) is 1. The van der Waals surface area contributed by atoms with Crippen molar-refractivity contribution >= 4 is 29.6 Å². The molecule has 0 radical (unpaired) electrons. The molecule has 9 nitrogen and oxygen atoms in total. The summed E-state index contributed by atoms with van der Waals surface area (Å²) in [6.07, 6.45) is 0.178. The van der Waals surface area contributed by atoms with E-state index >= 15 is 0 Å². The molecule has 1 aromatic heterocycles. The van der Waals surface area contributed by atoms with Crippen LogP contribution < -0.4 is 15.5 Å². The molecule has 1 heterocycles. The summed E-state index contributed by atoms with van der Waals surface area (Å²) in [5.74, 6) is 0.996. The zero-order chi connectivity index (χ0) is 27.6. The molecule has 2 N–H and O–H groups in total. The number of anilines is 1. The molecule has 0 saturated carbocycles. The summed E-state index contributed by atoms with van der Waals surface area (Å²) in [5.41, 5.74) is 3.02. The molecule has 0 bridgehead atoms. The molecule has 1 aromatic carbocycles. The van der Waals surface area contributed by atoms with Crippen LogP contribution in [0.4, 0.5) is 10.6 Å². The molecule has 0 unspecified atom stereocenters. The van der Waals surface area contributed by atoms with E-state index in [9.17, 15) is 20.1 Å². The molecular weight excluding hydrogens is 488 g/mol. The first kappa shape index (κ1) is 29.5. The van der Waals surface area contributed by atoms with Crippen molar-refractivity contribution in [3.05, 3.63) is 52.1 Å². The van der Waals surface area contributed by atoms with E-state index in [0.717, 1.165) is 16.7 Å². The lowest BCUT2D eigenvalue weighted by atomic mass is 10.0. The molecule has 0 aliphatic heterocycles. The Morgan fingerprint density at radius 3 is 2.22 bits per heavy atom. The number of benzene rings is 1. The van der Waals surface area contributed by atoms with Crippen LogP contribution in [0.25, 0.3) is 0 Å². The fourth-order valence-corrected chi connectivity index (χ4v) is 4.36. The molecule has 2 aromatic rings. The lowest BCUT2D eigenvalue weighted by molar-refractivity contribution is -0.121. The van der Waals surface area contributed by atoms with Gasteiger partial charge in [-0.15, -0.1) is 11.8 Å². The molecule has 0 fully saturated rings. The number of nitriles is 2. The Bertz CT molecular complexity index is 1190.